The fourth-order valence-corrected chi connectivity index (χ4v) is 2.11. The largest absolute Gasteiger partial charge is 0.481 e. The number of aliphatic carboxylic acids is 1. The van der Waals surface area contributed by atoms with E-state index in [-0.39, 0.29) is 19.6 Å². The molecule has 0 bridgehead atoms. The molecule has 142 valence electrons. The molecule has 2 amide bonds. The first-order valence-corrected chi connectivity index (χ1v) is 8.08. The Hall–Kier alpha value is -2.94. The maximum atomic E-state index is 12.3. The van der Waals surface area contributed by atoms with Gasteiger partial charge in [0.25, 0.3) is 0 Å². The van der Waals surface area contributed by atoms with Gasteiger partial charge in [0.05, 0.1) is 19.1 Å². The minimum atomic E-state index is -1.29. The van der Waals surface area contributed by atoms with E-state index in [1.54, 1.807) is 37.3 Å². The van der Waals surface area contributed by atoms with Gasteiger partial charge >= 0.3 is 11.9 Å². The molecule has 0 aliphatic carbocycles. The molecule has 9 heteroatoms. The minimum absolute atomic E-state index is 0.154. The van der Waals surface area contributed by atoms with Gasteiger partial charge in [0, 0.05) is 6.42 Å². The maximum absolute atomic E-state index is 12.3. The van der Waals surface area contributed by atoms with E-state index in [4.69, 9.17) is 15.6 Å². The zero-order chi connectivity index (χ0) is 19.5. The second kappa shape index (κ2) is 10.8. The SMILES string of the molecule is CCOC(=O)CNC(=O)C(Cc1ccccc1)NC(=O)C(N)CC(=O)O. The van der Waals surface area contributed by atoms with Crippen molar-refractivity contribution in [2.45, 2.75) is 31.8 Å². The van der Waals surface area contributed by atoms with Crippen molar-refractivity contribution in [1.82, 2.24) is 10.6 Å². The molecule has 0 heterocycles. The van der Waals surface area contributed by atoms with Gasteiger partial charge in [-0.05, 0) is 12.5 Å². The number of carboxylic acids is 1. The fourth-order valence-electron chi connectivity index (χ4n) is 2.11. The molecular formula is C17H23N3O6. The van der Waals surface area contributed by atoms with Crippen LogP contribution in [0.1, 0.15) is 18.9 Å². The Morgan fingerprint density at radius 3 is 2.38 bits per heavy atom. The van der Waals surface area contributed by atoms with Crippen molar-refractivity contribution in [3.63, 3.8) is 0 Å². The van der Waals surface area contributed by atoms with Gasteiger partial charge < -0.3 is 26.2 Å². The molecular weight excluding hydrogens is 342 g/mol. The van der Waals surface area contributed by atoms with Crippen LogP contribution in [0, 0.1) is 0 Å². The molecule has 0 saturated heterocycles. The lowest BCUT2D eigenvalue weighted by Gasteiger charge is -2.20. The number of ether oxygens (including phenoxy) is 1. The van der Waals surface area contributed by atoms with Gasteiger partial charge in [-0.2, -0.15) is 0 Å². The Kier molecular flexibility index (Phi) is 8.79. The number of rotatable bonds is 10. The Morgan fingerprint density at radius 1 is 1.15 bits per heavy atom. The van der Waals surface area contributed by atoms with E-state index in [1.807, 2.05) is 0 Å². The number of hydrogen-bond acceptors (Lipinski definition) is 6. The van der Waals surface area contributed by atoms with Gasteiger partial charge in [0.1, 0.15) is 12.6 Å². The van der Waals surface area contributed by atoms with Crippen molar-refractivity contribution in [3.8, 4) is 0 Å². The van der Waals surface area contributed by atoms with Crippen molar-refractivity contribution >= 4 is 23.8 Å². The van der Waals surface area contributed by atoms with Gasteiger partial charge in [0.2, 0.25) is 11.8 Å². The van der Waals surface area contributed by atoms with Crippen molar-refractivity contribution in [3.05, 3.63) is 35.9 Å². The highest BCUT2D eigenvalue weighted by Gasteiger charge is 2.25. The molecule has 26 heavy (non-hydrogen) atoms. The molecule has 0 saturated carbocycles. The zero-order valence-electron chi connectivity index (χ0n) is 14.4. The van der Waals surface area contributed by atoms with Crippen molar-refractivity contribution in [2.24, 2.45) is 5.73 Å². The minimum Gasteiger partial charge on any atom is -0.481 e. The second-order valence-electron chi connectivity index (χ2n) is 5.48. The second-order valence-corrected chi connectivity index (χ2v) is 5.48. The van der Waals surface area contributed by atoms with Crippen LogP contribution in [0.4, 0.5) is 0 Å². The molecule has 0 aromatic heterocycles. The summed E-state index contributed by atoms with van der Waals surface area (Å²) in [7, 11) is 0. The Bertz CT molecular complexity index is 635. The fraction of sp³-hybridized carbons (Fsp3) is 0.412. The van der Waals surface area contributed by atoms with Crippen LogP contribution in [0.3, 0.4) is 0 Å². The molecule has 0 fully saturated rings. The van der Waals surface area contributed by atoms with Gasteiger partial charge in [-0.25, -0.2) is 0 Å². The summed E-state index contributed by atoms with van der Waals surface area (Å²) in [6.07, 6.45) is -0.407. The molecule has 2 atom stereocenters. The highest BCUT2D eigenvalue weighted by molar-refractivity contribution is 5.92. The van der Waals surface area contributed by atoms with Crippen molar-refractivity contribution < 1.29 is 29.0 Å². The molecule has 0 radical (unpaired) electrons. The number of benzene rings is 1. The summed E-state index contributed by atoms with van der Waals surface area (Å²) in [5, 5.41) is 13.5. The van der Waals surface area contributed by atoms with Crippen molar-refractivity contribution in [1.29, 1.82) is 0 Å². The van der Waals surface area contributed by atoms with Crippen LogP contribution < -0.4 is 16.4 Å². The topological polar surface area (TPSA) is 148 Å². The standard InChI is InChI=1S/C17H23N3O6/c1-2-26-15(23)10-19-17(25)13(8-11-6-4-3-5-7-11)20-16(24)12(18)9-14(21)22/h3-7,12-13H,2,8-10,18H2,1H3,(H,19,25)(H,20,24)(H,21,22). The lowest BCUT2D eigenvalue weighted by Crippen LogP contribution is -2.53. The average molecular weight is 365 g/mol. The molecule has 0 aliphatic rings. The first kappa shape index (κ1) is 21.1. The van der Waals surface area contributed by atoms with Gasteiger partial charge in [-0.15, -0.1) is 0 Å². The summed E-state index contributed by atoms with van der Waals surface area (Å²) in [4.78, 5) is 46.4. The number of carbonyl (C=O) groups excluding carboxylic acids is 3. The van der Waals surface area contributed by atoms with E-state index in [1.165, 1.54) is 0 Å². The lowest BCUT2D eigenvalue weighted by atomic mass is 10.0. The summed E-state index contributed by atoms with van der Waals surface area (Å²) in [5.41, 5.74) is 6.30. The quantitative estimate of drug-likeness (QED) is 0.397. The molecule has 0 aliphatic heterocycles. The summed E-state index contributed by atoms with van der Waals surface area (Å²) < 4.78 is 4.73. The van der Waals surface area contributed by atoms with Crippen LogP contribution in [-0.2, 0) is 30.3 Å². The number of nitrogens with one attached hydrogen (secondary N) is 2. The van der Waals surface area contributed by atoms with Crippen LogP contribution in [-0.4, -0.2) is 54.1 Å². The molecule has 2 unspecified atom stereocenters. The summed E-state index contributed by atoms with van der Waals surface area (Å²) in [6, 6.07) is 6.61. The van der Waals surface area contributed by atoms with E-state index >= 15 is 0 Å². The smallest absolute Gasteiger partial charge is 0.325 e. The number of hydrogen-bond donors (Lipinski definition) is 4. The molecule has 9 nitrogen and oxygen atoms in total. The van der Waals surface area contributed by atoms with Crippen LogP contribution in [0.15, 0.2) is 30.3 Å². The van der Waals surface area contributed by atoms with Crippen molar-refractivity contribution in [2.75, 3.05) is 13.2 Å². The Labute approximate surface area is 150 Å². The van der Waals surface area contributed by atoms with Crippen LogP contribution in [0.2, 0.25) is 0 Å². The summed E-state index contributed by atoms with van der Waals surface area (Å²) in [5.74, 6) is -3.19. The highest BCUT2D eigenvalue weighted by Crippen LogP contribution is 2.04. The normalized spacial score (nSPS) is 12.5. The third-order valence-corrected chi connectivity index (χ3v) is 3.36. The predicted octanol–water partition coefficient (Wildman–Crippen LogP) is -0.805. The van der Waals surface area contributed by atoms with E-state index in [2.05, 4.69) is 10.6 Å². The van der Waals surface area contributed by atoms with Gasteiger partial charge in [-0.3, -0.25) is 19.2 Å². The van der Waals surface area contributed by atoms with Gasteiger partial charge in [-0.1, -0.05) is 30.3 Å². The summed E-state index contributed by atoms with van der Waals surface area (Å²) in [6.45, 7) is 1.49. The number of nitrogens with two attached hydrogens (primary N) is 1. The molecule has 0 spiro atoms. The van der Waals surface area contributed by atoms with Crippen LogP contribution in [0.5, 0.6) is 0 Å². The zero-order valence-corrected chi connectivity index (χ0v) is 14.4. The van der Waals surface area contributed by atoms with E-state index in [0.717, 1.165) is 5.56 Å². The summed E-state index contributed by atoms with van der Waals surface area (Å²) >= 11 is 0. The van der Waals surface area contributed by atoms with E-state index < -0.39 is 42.3 Å². The third-order valence-electron chi connectivity index (χ3n) is 3.36. The third kappa shape index (κ3) is 7.75. The monoisotopic (exact) mass is 365 g/mol. The van der Waals surface area contributed by atoms with Crippen LogP contribution >= 0.6 is 0 Å². The molecule has 1 aromatic carbocycles. The predicted molar refractivity (Wildman–Crippen MR) is 91.9 cm³/mol. The number of esters is 1. The molecule has 5 N–H and O–H groups in total. The first-order chi connectivity index (χ1) is 12.3. The Morgan fingerprint density at radius 2 is 1.81 bits per heavy atom. The average Bonchev–Trinajstić information content (AvgIpc) is 2.59. The molecule has 1 aromatic rings. The van der Waals surface area contributed by atoms with E-state index in [9.17, 15) is 19.2 Å². The van der Waals surface area contributed by atoms with E-state index in [0.29, 0.717) is 0 Å². The maximum Gasteiger partial charge on any atom is 0.325 e. The highest BCUT2D eigenvalue weighted by atomic mass is 16.5. The lowest BCUT2D eigenvalue weighted by molar-refractivity contribution is -0.144. The number of amides is 2. The molecule has 1 rings (SSSR count). The number of carboxylic acid groups (broad SMARTS) is 1. The van der Waals surface area contributed by atoms with Crippen LogP contribution in [0.25, 0.3) is 0 Å². The first-order valence-electron chi connectivity index (χ1n) is 8.08. The number of carbonyl (C=O) groups is 4. The van der Waals surface area contributed by atoms with Gasteiger partial charge in [0.15, 0.2) is 0 Å². The Balaban J connectivity index is 2.77.